The van der Waals surface area contributed by atoms with Gasteiger partial charge in [0.15, 0.2) is 0 Å². The second-order valence-electron chi connectivity index (χ2n) is 11.1. The average Bonchev–Trinajstić information content (AvgIpc) is 3.38. The van der Waals surface area contributed by atoms with Crippen LogP contribution in [0, 0.1) is 0 Å². The summed E-state index contributed by atoms with van der Waals surface area (Å²) in [5.41, 5.74) is -3.10. The zero-order chi connectivity index (χ0) is 31.7. The molecule has 2 fully saturated rings. The molecule has 1 unspecified atom stereocenters. The predicted molar refractivity (Wildman–Crippen MR) is 147 cm³/mol. The first kappa shape index (κ1) is 31.4. The lowest BCUT2D eigenvalue weighted by atomic mass is 9.77. The van der Waals surface area contributed by atoms with E-state index in [1.165, 1.54) is 11.8 Å². The van der Waals surface area contributed by atoms with Crippen LogP contribution in [0.2, 0.25) is 0 Å². The summed E-state index contributed by atoms with van der Waals surface area (Å²) in [7, 11) is 0. The number of ether oxygens (including phenoxy) is 2. The van der Waals surface area contributed by atoms with E-state index in [1.54, 1.807) is 54.6 Å². The van der Waals surface area contributed by atoms with Gasteiger partial charge in [-0.1, -0.05) is 60.7 Å². The summed E-state index contributed by atoms with van der Waals surface area (Å²) in [4.78, 5) is 27.8. The minimum atomic E-state index is -5.01. The first-order valence-corrected chi connectivity index (χ1v) is 14.0. The number of hydrogen-bond donors (Lipinski definition) is 1. The lowest BCUT2D eigenvalue weighted by molar-refractivity contribution is -0.143. The molecule has 4 atom stereocenters. The Balaban J connectivity index is 1.51. The number of benzene rings is 3. The number of fused-ring (bicyclic) bond motifs is 1. The van der Waals surface area contributed by atoms with Crippen LogP contribution >= 0.6 is 0 Å². The van der Waals surface area contributed by atoms with E-state index in [2.05, 4.69) is 5.32 Å². The molecular formula is C32H30F6N2O4. The third-order valence-electron chi connectivity index (χ3n) is 8.23. The Morgan fingerprint density at radius 1 is 0.955 bits per heavy atom. The van der Waals surface area contributed by atoms with Gasteiger partial charge in [0.2, 0.25) is 5.91 Å². The van der Waals surface area contributed by atoms with E-state index in [0.717, 1.165) is 5.56 Å². The molecule has 0 aromatic heterocycles. The van der Waals surface area contributed by atoms with E-state index in [9.17, 15) is 35.9 Å². The van der Waals surface area contributed by atoms with Gasteiger partial charge in [-0.05, 0) is 54.7 Å². The molecule has 3 aromatic rings. The summed E-state index contributed by atoms with van der Waals surface area (Å²) in [5, 5.41) is 2.89. The van der Waals surface area contributed by atoms with Crippen LogP contribution in [0.15, 0.2) is 78.9 Å². The Labute approximate surface area is 249 Å². The number of likely N-dealkylation sites (tertiary alicyclic amines) is 1. The van der Waals surface area contributed by atoms with Crippen molar-refractivity contribution < 1.29 is 45.4 Å². The van der Waals surface area contributed by atoms with Crippen molar-refractivity contribution in [2.24, 2.45) is 0 Å². The van der Waals surface area contributed by atoms with Crippen LogP contribution in [0.3, 0.4) is 0 Å². The molecule has 6 nitrogen and oxygen atoms in total. The number of piperidine rings is 1. The van der Waals surface area contributed by atoms with Gasteiger partial charge >= 0.3 is 18.4 Å². The maximum absolute atomic E-state index is 13.9. The highest BCUT2D eigenvalue weighted by molar-refractivity contribution is 5.82. The van der Waals surface area contributed by atoms with Gasteiger partial charge in [-0.15, -0.1) is 0 Å². The van der Waals surface area contributed by atoms with Crippen molar-refractivity contribution in [3.63, 3.8) is 0 Å². The lowest BCUT2D eigenvalue weighted by Gasteiger charge is -2.51. The molecule has 0 radical (unpaired) electrons. The van der Waals surface area contributed by atoms with Crippen molar-refractivity contribution in [2.75, 3.05) is 6.61 Å². The molecule has 0 aliphatic carbocycles. The van der Waals surface area contributed by atoms with Gasteiger partial charge < -0.3 is 14.8 Å². The zero-order valence-corrected chi connectivity index (χ0v) is 23.6. The number of halogens is 6. The molecule has 5 rings (SSSR count). The number of nitrogens with zero attached hydrogens (tertiary/aromatic N) is 1. The van der Waals surface area contributed by atoms with Crippen molar-refractivity contribution in [3.8, 4) is 0 Å². The molecule has 12 heteroatoms. The van der Waals surface area contributed by atoms with E-state index in [1.807, 2.05) is 6.07 Å². The molecule has 44 heavy (non-hydrogen) atoms. The van der Waals surface area contributed by atoms with Crippen LogP contribution in [0.25, 0.3) is 0 Å². The summed E-state index contributed by atoms with van der Waals surface area (Å²) in [6.07, 6.45) is -11.2. The maximum atomic E-state index is 13.9. The number of carbonyl (C=O) groups is 2. The summed E-state index contributed by atoms with van der Waals surface area (Å²) >= 11 is 0. The van der Waals surface area contributed by atoms with E-state index < -0.39 is 47.3 Å². The fraction of sp³-hybridized carbons (Fsp3) is 0.375. The Morgan fingerprint density at radius 3 is 2.14 bits per heavy atom. The van der Waals surface area contributed by atoms with Gasteiger partial charge in [0.05, 0.1) is 41.5 Å². The number of amides is 2. The Kier molecular flexibility index (Phi) is 8.66. The number of nitrogens with one attached hydrogen (secondary N) is 1. The minimum Gasteiger partial charge on any atom is -0.445 e. The molecule has 0 spiro atoms. The first-order valence-electron chi connectivity index (χ1n) is 14.0. The Hall–Kier alpha value is -4.06. The third kappa shape index (κ3) is 6.54. The van der Waals surface area contributed by atoms with Crippen molar-refractivity contribution in [1.82, 2.24) is 10.2 Å². The summed E-state index contributed by atoms with van der Waals surface area (Å²) in [6, 6.07) is 18.1. The Morgan fingerprint density at radius 2 is 1.55 bits per heavy atom. The molecule has 2 aliphatic heterocycles. The summed E-state index contributed by atoms with van der Waals surface area (Å²) in [5.74, 6) is -0.248. The van der Waals surface area contributed by atoms with Crippen LogP contribution in [0.1, 0.15) is 60.1 Å². The second-order valence-corrected chi connectivity index (χ2v) is 11.1. The van der Waals surface area contributed by atoms with E-state index in [-0.39, 0.29) is 49.6 Å². The molecule has 3 aromatic carbocycles. The van der Waals surface area contributed by atoms with Gasteiger partial charge in [0, 0.05) is 6.42 Å². The van der Waals surface area contributed by atoms with E-state index in [4.69, 9.17) is 9.47 Å². The molecule has 2 aliphatic rings. The van der Waals surface area contributed by atoms with Gasteiger partial charge in [-0.25, -0.2) is 4.79 Å². The zero-order valence-electron chi connectivity index (χ0n) is 23.6. The van der Waals surface area contributed by atoms with Crippen LogP contribution in [0.4, 0.5) is 31.1 Å². The average molecular weight is 621 g/mol. The minimum absolute atomic E-state index is 0.00217. The summed E-state index contributed by atoms with van der Waals surface area (Å²) in [6.45, 7) is 1.02. The van der Waals surface area contributed by atoms with Gasteiger partial charge in [0.25, 0.3) is 0 Å². The Bertz CT molecular complexity index is 1450. The number of hydrogen-bond acceptors (Lipinski definition) is 4. The molecule has 2 amide bonds. The maximum Gasteiger partial charge on any atom is 0.416 e. The smallest absolute Gasteiger partial charge is 0.416 e. The highest BCUT2D eigenvalue weighted by Gasteiger charge is 2.54. The number of carbonyl (C=O) groups excluding carboxylic acids is 2. The fourth-order valence-corrected chi connectivity index (χ4v) is 5.99. The van der Waals surface area contributed by atoms with E-state index >= 15 is 0 Å². The van der Waals surface area contributed by atoms with Crippen LogP contribution in [-0.2, 0) is 38.8 Å². The molecule has 0 saturated carbocycles. The molecule has 234 valence electrons. The molecule has 0 bridgehead atoms. The third-order valence-corrected chi connectivity index (χ3v) is 8.23. The lowest BCUT2D eigenvalue weighted by Crippen LogP contribution is -2.63. The van der Waals surface area contributed by atoms with Gasteiger partial charge in [-0.3, -0.25) is 9.69 Å². The topological polar surface area (TPSA) is 67.9 Å². The summed E-state index contributed by atoms with van der Waals surface area (Å²) < 4.78 is 93.1. The quantitative estimate of drug-likeness (QED) is 0.280. The molecule has 1 N–H and O–H groups in total. The van der Waals surface area contributed by atoms with Crippen molar-refractivity contribution in [1.29, 1.82) is 0 Å². The molecule has 2 heterocycles. The first-order chi connectivity index (χ1) is 20.8. The largest absolute Gasteiger partial charge is 0.445 e. The normalized spacial score (nSPS) is 22.7. The highest BCUT2D eigenvalue weighted by Crippen LogP contribution is 2.45. The highest BCUT2D eigenvalue weighted by atomic mass is 19.4. The predicted octanol–water partition coefficient (Wildman–Crippen LogP) is 7.39. The second kappa shape index (κ2) is 12.1. The standard InChI is InChI=1S/C32H30F6N2O4/c1-20(22-14-24(31(33,34)35)16-25(15-22)32(36,37)38)44-19-30(23-10-6-3-7-11-23)13-12-26-27(17-28(41)39-26)40(30)29(42)43-18-21-8-4-2-5-9-21/h2-11,14-16,20,26-27H,12-13,17-19H2,1H3,(H,39,41)/t20-,26+,27?,30-/m1/s1. The van der Waals surface area contributed by atoms with Crippen molar-refractivity contribution in [3.05, 3.63) is 107 Å². The monoisotopic (exact) mass is 620 g/mol. The number of rotatable bonds is 7. The SMILES string of the molecule is C[C@@H](OC[C@@]1(c2ccccc2)CC[C@@H]2NC(=O)CC2N1C(=O)OCc1ccccc1)c1cc(C(F)(F)F)cc(C(F)(F)F)c1. The van der Waals surface area contributed by atoms with Crippen molar-refractivity contribution >= 4 is 12.0 Å². The van der Waals surface area contributed by atoms with Crippen molar-refractivity contribution in [2.45, 2.75) is 68.9 Å². The molecular weight excluding hydrogens is 590 g/mol. The van der Waals surface area contributed by atoms with E-state index in [0.29, 0.717) is 24.1 Å². The fourth-order valence-electron chi connectivity index (χ4n) is 5.99. The van der Waals surface area contributed by atoms with Gasteiger partial charge in [0.1, 0.15) is 6.61 Å². The van der Waals surface area contributed by atoms with Crippen LogP contribution < -0.4 is 5.32 Å². The van der Waals surface area contributed by atoms with Crippen LogP contribution in [0.5, 0.6) is 0 Å². The number of alkyl halides is 6. The molecule has 2 saturated heterocycles. The van der Waals surface area contributed by atoms with Gasteiger partial charge in [-0.2, -0.15) is 26.3 Å². The van der Waals surface area contributed by atoms with Crippen LogP contribution in [-0.4, -0.2) is 35.6 Å².